The first-order chi connectivity index (χ1) is 9.08. The second-order valence-electron chi connectivity index (χ2n) is 3.95. The summed E-state index contributed by atoms with van der Waals surface area (Å²) in [6.45, 7) is 2.37. The van der Waals surface area contributed by atoms with Crippen molar-refractivity contribution in [1.29, 1.82) is 0 Å². The van der Waals surface area contributed by atoms with Gasteiger partial charge < -0.3 is 15.4 Å². The highest BCUT2D eigenvalue weighted by atomic mass is 16.5. The molecule has 0 atom stereocenters. The maximum Gasteiger partial charge on any atom is 0.323 e. The number of anilines is 2. The normalized spacial score (nSPS) is 15.3. The Hall–Kier alpha value is -2.45. The number of nitrogens with one attached hydrogen (secondary N) is 1. The van der Waals surface area contributed by atoms with Crippen LogP contribution in [0.25, 0.3) is 0 Å². The number of carbonyl (C=O) groups excluding carboxylic acids is 2. The molecule has 0 aliphatic carbocycles. The lowest BCUT2D eigenvalue weighted by atomic mass is 10.3. The van der Waals surface area contributed by atoms with Gasteiger partial charge in [0.1, 0.15) is 13.1 Å². The van der Waals surface area contributed by atoms with Gasteiger partial charge in [-0.1, -0.05) is 6.92 Å². The average Bonchev–Trinajstić information content (AvgIpc) is 2.34. The fraction of sp³-hybridized carbons (Fsp3) is 0.500. The van der Waals surface area contributed by atoms with Gasteiger partial charge in [0.15, 0.2) is 0 Å². The first-order valence-corrected chi connectivity index (χ1v) is 5.80. The highest BCUT2D eigenvalue weighted by Gasteiger charge is 2.25. The van der Waals surface area contributed by atoms with E-state index in [1.54, 1.807) is 0 Å². The quantitative estimate of drug-likeness (QED) is 0.645. The first kappa shape index (κ1) is 13.0. The van der Waals surface area contributed by atoms with Crippen LogP contribution in [0.5, 0.6) is 6.01 Å². The Balaban J connectivity index is 2.21. The van der Waals surface area contributed by atoms with Crippen molar-refractivity contribution in [2.24, 2.45) is 0 Å². The molecule has 2 heterocycles. The second-order valence-corrected chi connectivity index (χ2v) is 3.95. The van der Waals surface area contributed by atoms with E-state index in [2.05, 4.69) is 20.3 Å². The summed E-state index contributed by atoms with van der Waals surface area (Å²) in [5, 5.41) is 2.19. The van der Waals surface area contributed by atoms with Crippen LogP contribution in [0.1, 0.15) is 13.3 Å². The maximum absolute atomic E-state index is 11.3. The van der Waals surface area contributed by atoms with Crippen LogP contribution in [0.15, 0.2) is 0 Å². The number of carbonyl (C=O) groups is 2. The lowest BCUT2D eigenvalue weighted by Gasteiger charge is -2.25. The Labute approximate surface area is 109 Å². The predicted octanol–water partition coefficient (Wildman–Crippen LogP) is -1.29. The number of rotatable bonds is 4. The lowest BCUT2D eigenvalue weighted by molar-refractivity contribution is -0.130. The minimum absolute atomic E-state index is 0.0115. The molecule has 0 unspecified atom stereocenters. The molecule has 0 spiro atoms. The van der Waals surface area contributed by atoms with Crippen molar-refractivity contribution < 1.29 is 14.3 Å². The SMILES string of the molecule is CCCOc1nc(N)nc(N2CC(=O)NC(=O)C2)n1. The van der Waals surface area contributed by atoms with Crippen molar-refractivity contribution in [1.82, 2.24) is 20.3 Å². The summed E-state index contributed by atoms with van der Waals surface area (Å²) in [4.78, 5) is 35.8. The van der Waals surface area contributed by atoms with E-state index in [4.69, 9.17) is 10.5 Å². The number of nitrogens with two attached hydrogens (primary N) is 1. The number of amides is 2. The van der Waals surface area contributed by atoms with E-state index in [9.17, 15) is 9.59 Å². The minimum atomic E-state index is -0.411. The van der Waals surface area contributed by atoms with Gasteiger partial charge in [0.05, 0.1) is 6.61 Å². The second kappa shape index (κ2) is 5.46. The molecule has 1 aromatic heterocycles. The van der Waals surface area contributed by atoms with Gasteiger partial charge in [-0.25, -0.2) is 0 Å². The predicted molar refractivity (Wildman–Crippen MR) is 65.4 cm³/mol. The number of nitrogens with zero attached hydrogens (tertiary/aromatic N) is 4. The van der Waals surface area contributed by atoms with Gasteiger partial charge >= 0.3 is 6.01 Å². The van der Waals surface area contributed by atoms with Gasteiger partial charge in [-0.05, 0) is 6.42 Å². The molecule has 102 valence electrons. The smallest absolute Gasteiger partial charge is 0.323 e. The highest BCUT2D eigenvalue weighted by molar-refractivity contribution is 6.02. The Morgan fingerprint density at radius 2 is 1.95 bits per heavy atom. The van der Waals surface area contributed by atoms with E-state index in [-0.39, 0.29) is 31.0 Å². The molecule has 1 saturated heterocycles. The Morgan fingerprint density at radius 3 is 2.58 bits per heavy atom. The van der Waals surface area contributed by atoms with E-state index < -0.39 is 11.8 Å². The molecule has 3 N–H and O–H groups in total. The van der Waals surface area contributed by atoms with Gasteiger partial charge in [0, 0.05) is 0 Å². The number of imide groups is 1. The maximum atomic E-state index is 11.3. The van der Waals surface area contributed by atoms with Gasteiger partial charge in [0.25, 0.3) is 0 Å². The van der Waals surface area contributed by atoms with Crippen LogP contribution in [0.3, 0.4) is 0 Å². The molecule has 2 rings (SSSR count). The fourth-order valence-electron chi connectivity index (χ4n) is 1.54. The number of nitrogen functional groups attached to an aromatic ring is 1. The topological polar surface area (TPSA) is 123 Å². The number of hydrogen-bond acceptors (Lipinski definition) is 8. The van der Waals surface area contributed by atoms with E-state index in [0.29, 0.717) is 6.61 Å². The third kappa shape index (κ3) is 3.27. The van der Waals surface area contributed by atoms with Crippen LogP contribution in [0.4, 0.5) is 11.9 Å². The molecule has 0 radical (unpaired) electrons. The van der Waals surface area contributed by atoms with Gasteiger partial charge in [-0.2, -0.15) is 15.0 Å². The van der Waals surface area contributed by atoms with Crippen molar-refractivity contribution in [2.75, 3.05) is 30.3 Å². The molecule has 0 saturated carbocycles. The lowest BCUT2D eigenvalue weighted by Crippen LogP contribution is -2.52. The van der Waals surface area contributed by atoms with Crippen molar-refractivity contribution in [3.63, 3.8) is 0 Å². The Morgan fingerprint density at radius 1 is 1.26 bits per heavy atom. The van der Waals surface area contributed by atoms with E-state index >= 15 is 0 Å². The zero-order valence-corrected chi connectivity index (χ0v) is 10.4. The molecule has 0 bridgehead atoms. The van der Waals surface area contributed by atoms with Crippen LogP contribution in [0, 0.1) is 0 Å². The van der Waals surface area contributed by atoms with E-state index in [1.807, 2.05) is 6.92 Å². The van der Waals surface area contributed by atoms with Crippen molar-refractivity contribution >= 4 is 23.7 Å². The van der Waals surface area contributed by atoms with Crippen molar-refractivity contribution in [3.05, 3.63) is 0 Å². The third-order valence-corrected chi connectivity index (χ3v) is 2.29. The Bertz CT molecular complexity index is 490. The average molecular weight is 266 g/mol. The number of ether oxygens (including phenoxy) is 1. The van der Waals surface area contributed by atoms with Crippen LogP contribution < -0.4 is 20.7 Å². The third-order valence-electron chi connectivity index (χ3n) is 2.29. The number of piperazine rings is 1. The molecule has 1 aromatic rings. The van der Waals surface area contributed by atoms with Crippen LogP contribution in [0.2, 0.25) is 0 Å². The molecular weight excluding hydrogens is 252 g/mol. The summed E-state index contributed by atoms with van der Waals surface area (Å²) in [5.41, 5.74) is 5.55. The molecular formula is C10H14N6O3. The molecule has 1 fully saturated rings. The standard InChI is InChI=1S/C10H14N6O3/c1-2-3-19-10-14-8(11)13-9(15-10)16-4-6(17)12-7(18)5-16/h2-5H2,1H3,(H,12,17,18)(H2,11,13,14,15). The van der Waals surface area contributed by atoms with E-state index in [0.717, 1.165) is 6.42 Å². The van der Waals surface area contributed by atoms with Crippen LogP contribution >= 0.6 is 0 Å². The van der Waals surface area contributed by atoms with Crippen LogP contribution in [-0.2, 0) is 9.59 Å². The fourth-order valence-corrected chi connectivity index (χ4v) is 1.54. The minimum Gasteiger partial charge on any atom is -0.463 e. The summed E-state index contributed by atoms with van der Waals surface area (Å²) in [5.74, 6) is -0.686. The van der Waals surface area contributed by atoms with Gasteiger partial charge in [0.2, 0.25) is 23.7 Å². The molecule has 1 aliphatic heterocycles. The molecule has 19 heavy (non-hydrogen) atoms. The van der Waals surface area contributed by atoms with Crippen molar-refractivity contribution in [3.8, 4) is 6.01 Å². The zero-order valence-electron chi connectivity index (χ0n) is 10.4. The Kier molecular flexibility index (Phi) is 3.74. The first-order valence-electron chi connectivity index (χ1n) is 5.80. The zero-order chi connectivity index (χ0) is 13.8. The largest absolute Gasteiger partial charge is 0.463 e. The van der Waals surface area contributed by atoms with E-state index in [1.165, 1.54) is 4.90 Å². The number of aromatic nitrogens is 3. The molecule has 9 nitrogen and oxygen atoms in total. The summed E-state index contributed by atoms with van der Waals surface area (Å²) in [7, 11) is 0. The van der Waals surface area contributed by atoms with Gasteiger partial charge in [-0.3, -0.25) is 14.9 Å². The molecule has 0 aromatic carbocycles. The highest BCUT2D eigenvalue weighted by Crippen LogP contribution is 2.14. The monoisotopic (exact) mass is 266 g/mol. The number of hydrogen-bond donors (Lipinski definition) is 2. The van der Waals surface area contributed by atoms with Crippen molar-refractivity contribution in [2.45, 2.75) is 13.3 Å². The summed E-state index contributed by atoms with van der Waals surface area (Å²) in [6.07, 6.45) is 0.797. The van der Waals surface area contributed by atoms with Gasteiger partial charge in [-0.15, -0.1) is 0 Å². The molecule has 9 heteroatoms. The molecule has 2 amide bonds. The summed E-state index contributed by atoms with van der Waals surface area (Å²) < 4.78 is 5.27. The molecule has 1 aliphatic rings. The van der Waals surface area contributed by atoms with Crippen LogP contribution in [-0.4, -0.2) is 46.5 Å². The summed E-state index contributed by atoms with van der Waals surface area (Å²) in [6, 6.07) is 0.0859. The summed E-state index contributed by atoms with van der Waals surface area (Å²) >= 11 is 0.